The van der Waals surface area contributed by atoms with E-state index in [0.29, 0.717) is 28.7 Å². The first kappa shape index (κ1) is 18.3. The van der Waals surface area contributed by atoms with Crippen LogP contribution in [-0.4, -0.2) is 45.3 Å². The molecule has 7 heteroatoms. The van der Waals surface area contributed by atoms with Crippen LogP contribution in [0.25, 0.3) is 0 Å². The van der Waals surface area contributed by atoms with Gasteiger partial charge in [0, 0.05) is 35.6 Å². The lowest BCUT2D eigenvalue weighted by Crippen LogP contribution is -2.41. The molecule has 0 aliphatic rings. The van der Waals surface area contributed by atoms with Crippen molar-refractivity contribution in [2.45, 2.75) is 13.3 Å². The van der Waals surface area contributed by atoms with Crippen LogP contribution in [0.2, 0.25) is 0 Å². The second-order valence-electron chi connectivity index (χ2n) is 5.81. The second-order valence-corrected chi connectivity index (χ2v) is 7.33. The molecule has 122 valence electrons. The molecule has 1 N–H and O–H groups in total. The van der Waals surface area contributed by atoms with Gasteiger partial charge in [-0.1, -0.05) is 6.58 Å². The summed E-state index contributed by atoms with van der Waals surface area (Å²) in [7, 11) is -0.314. The van der Waals surface area contributed by atoms with Gasteiger partial charge in [-0.3, -0.25) is 9.28 Å². The van der Waals surface area contributed by atoms with Crippen LogP contribution in [-0.2, 0) is 14.9 Å². The first-order chi connectivity index (χ1) is 10.0. The molecule has 0 spiro atoms. The highest BCUT2D eigenvalue weighted by Gasteiger charge is 2.19. The summed E-state index contributed by atoms with van der Waals surface area (Å²) in [6.45, 7) is 5.73. The van der Waals surface area contributed by atoms with Gasteiger partial charge in [0.15, 0.2) is 0 Å². The summed E-state index contributed by atoms with van der Waals surface area (Å²) in [6, 6.07) is 7.28. The summed E-state index contributed by atoms with van der Waals surface area (Å²) < 4.78 is 32.4. The van der Waals surface area contributed by atoms with Gasteiger partial charge < -0.3 is 9.87 Å². The maximum absolute atomic E-state index is 11.5. The number of benzene rings is 1. The Morgan fingerprint density at radius 2 is 1.82 bits per heavy atom. The molecule has 0 aliphatic heterocycles. The minimum atomic E-state index is -4.17. The van der Waals surface area contributed by atoms with Gasteiger partial charge in [0.25, 0.3) is 5.91 Å². The standard InChI is InChI=1S/C15H22N2O4S/c1-12(2)15(18)16-13-6-8-14(9-7-13)17(3,4)10-5-11-22(19,20)21/h6-9H,1,5,10-11H2,2-4H3,(H-,16,18,19,20,21). The Balaban J connectivity index is 2.71. The van der Waals surface area contributed by atoms with Crippen molar-refractivity contribution in [1.82, 2.24) is 4.48 Å². The molecule has 1 rings (SSSR count). The molecular weight excluding hydrogens is 304 g/mol. The molecule has 22 heavy (non-hydrogen) atoms. The molecule has 1 amide bonds. The fourth-order valence-electron chi connectivity index (χ4n) is 1.95. The Kier molecular flexibility index (Phi) is 5.87. The van der Waals surface area contributed by atoms with E-state index in [1.54, 1.807) is 19.1 Å². The maximum atomic E-state index is 11.5. The molecule has 0 unspecified atom stereocenters. The number of rotatable bonds is 7. The minimum Gasteiger partial charge on any atom is -0.748 e. The van der Waals surface area contributed by atoms with Crippen LogP contribution in [0.15, 0.2) is 36.4 Å². The van der Waals surface area contributed by atoms with E-state index in [1.807, 2.05) is 26.2 Å². The van der Waals surface area contributed by atoms with Crippen LogP contribution < -0.4 is 9.80 Å². The molecule has 0 radical (unpaired) electrons. The molecular formula is C15H22N2O4S. The van der Waals surface area contributed by atoms with Crippen LogP contribution in [0.3, 0.4) is 0 Å². The molecule has 0 saturated carbocycles. The normalized spacial score (nSPS) is 12.0. The highest BCUT2D eigenvalue weighted by Crippen LogP contribution is 2.22. The van der Waals surface area contributed by atoms with E-state index in [1.165, 1.54) is 0 Å². The number of anilines is 1. The predicted octanol–water partition coefficient (Wildman–Crippen LogP) is 1.70. The van der Waals surface area contributed by atoms with Gasteiger partial charge in [-0.05, 0) is 19.1 Å². The average molecular weight is 326 g/mol. The lowest BCUT2D eigenvalue weighted by Gasteiger charge is -2.29. The molecule has 0 aromatic heterocycles. The molecule has 1 aromatic rings. The minimum absolute atomic E-state index is 0.234. The van der Waals surface area contributed by atoms with Crippen molar-refractivity contribution < 1.29 is 17.8 Å². The monoisotopic (exact) mass is 326 g/mol. The number of nitrogens with one attached hydrogen (secondary N) is 1. The molecule has 0 aliphatic carbocycles. The van der Waals surface area contributed by atoms with Crippen LogP contribution >= 0.6 is 0 Å². The van der Waals surface area contributed by atoms with Crippen LogP contribution in [0.5, 0.6) is 0 Å². The molecule has 0 bridgehead atoms. The van der Waals surface area contributed by atoms with Crippen molar-refractivity contribution in [3.8, 4) is 0 Å². The lowest BCUT2D eigenvalue weighted by atomic mass is 10.2. The second kappa shape index (κ2) is 7.04. The Morgan fingerprint density at radius 3 is 2.27 bits per heavy atom. The molecule has 0 atom stereocenters. The highest BCUT2D eigenvalue weighted by molar-refractivity contribution is 7.85. The number of nitrogens with zero attached hydrogens (tertiary/aromatic N) is 1. The summed E-state index contributed by atoms with van der Waals surface area (Å²) in [6.07, 6.45) is 0.299. The van der Waals surface area contributed by atoms with Crippen LogP contribution in [0.4, 0.5) is 11.4 Å². The SMILES string of the molecule is C=C(C)C(=O)Nc1ccc([N+](C)(C)CCCS(=O)(=O)[O-])cc1. The molecule has 1 aromatic carbocycles. The van der Waals surface area contributed by atoms with Gasteiger partial charge in [-0.25, -0.2) is 8.42 Å². The number of carbonyl (C=O) groups is 1. The zero-order chi connectivity index (χ0) is 17.0. The molecule has 0 fully saturated rings. The van der Waals surface area contributed by atoms with Crippen molar-refractivity contribution in [3.63, 3.8) is 0 Å². The quantitative estimate of drug-likeness (QED) is 0.469. The summed E-state index contributed by atoms with van der Waals surface area (Å²) in [5.74, 6) is -0.594. The van der Waals surface area contributed by atoms with Crippen molar-refractivity contribution in [3.05, 3.63) is 36.4 Å². The molecule has 6 nitrogen and oxygen atoms in total. The molecule has 0 heterocycles. The van der Waals surface area contributed by atoms with Gasteiger partial charge in [0.1, 0.15) is 5.69 Å². The summed E-state index contributed by atoms with van der Waals surface area (Å²) >= 11 is 0. The summed E-state index contributed by atoms with van der Waals surface area (Å²) in [4.78, 5) is 11.5. The van der Waals surface area contributed by atoms with Crippen LogP contribution in [0.1, 0.15) is 13.3 Å². The largest absolute Gasteiger partial charge is 0.748 e. The topological polar surface area (TPSA) is 86.3 Å². The van der Waals surface area contributed by atoms with E-state index in [4.69, 9.17) is 0 Å². The van der Waals surface area contributed by atoms with Gasteiger partial charge in [-0.15, -0.1) is 0 Å². The van der Waals surface area contributed by atoms with Gasteiger partial charge >= 0.3 is 0 Å². The first-order valence-electron chi connectivity index (χ1n) is 6.85. The Hall–Kier alpha value is -1.70. The smallest absolute Gasteiger partial charge is 0.250 e. The van der Waals surface area contributed by atoms with E-state index >= 15 is 0 Å². The zero-order valence-electron chi connectivity index (χ0n) is 13.1. The van der Waals surface area contributed by atoms with E-state index in [0.717, 1.165) is 5.69 Å². The number of hydrogen-bond acceptors (Lipinski definition) is 4. The summed E-state index contributed by atoms with van der Waals surface area (Å²) in [5, 5.41) is 2.72. The fourth-order valence-corrected chi connectivity index (χ4v) is 2.43. The fraction of sp³-hybridized carbons (Fsp3) is 0.400. The van der Waals surface area contributed by atoms with Crippen molar-refractivity contribution in [2.75, 3.05) is 31.7 Å². The number of quaternary nitrogens is 1. The predicted molar refractivity (Wildman–Crippen MR) is 87.6 cm³/mol. The first-order valence-corrected chi connectivity index (χ1v) is 8.43. The lowest BCUT2D eigenvalue weighted by molar-refractivity contribution is -0.112. The average Bonchev–Trinajstić information content (AvgIpc) is 2.37. The third kappa shape index (κ3) is 5.97. The maximum Gasteiger partial charge on any atom is 0.250 e. The van der Waals surface area contributed by atoms with Gasteiger partial charge in [-0.2, -0.15) is 0 Å². The van der Waals surface area contributed by atoms with Gasteiger partial charge in [0.05, 0.1) is 30.8 Å². The van der Waals surface area contributed by atoms with E-state index < -0.39 is 10.1 Å². The number of carbonyl (C=O) groups excluding carboxylic acids is 1. The molecule has 0 saturated heterocycles. The van der Waals surface area contributed by atoms with Crippen molar-refractivity contribution in [1.29, 1.82) is 0 Å². The van der Waals surface area contributed by atoms with Crippen molar-refractivity contribution in [2.24, 2.45) is 0 Å². The Bertz CT molecular complexity index is 649. The van der Waals surface area contributed by atoms with Crippen molar-refractivity contribution >= 4 is 27.4 Å². The Labute approximate surface area is 131 Å². The highest BCUT2D eigenvalue weighted by atomic mass is 32.2. The third-order valence-electron chi connectivity index (χ3n) is 3.32. The third-order valence-corrected chi connectivity index (χ3v) is 4.11. The summed E-state index contributed by atoms with van der Waals surface area (Å²) in [5.41, 5.74) is 2.05. The zero-order valence-corrected chi connectivity index (χ0v) is 13.9. The van der Waals surface area contributed by atoms with E-state index in [2.05, 4.69) is 11.9 Å². The van der Waals surface area contributed by atoms with Crippen LogP contribution in [0, 0.1) is 0 Å². The van der Waals surface area contributed by atoms with E-state index in [9.17, 15) is 17.8 Å². The number of hydrogen-bond donors (Lipinski definition) is 1. The number of amides is 1. The van der Waals surface area contributed by atoms with Gasteiger partial charge in [0.2, 0.25) is 0 Å². The van der Waals surface area contributed by atoms with E-state index in [-0.39, 0.29) is 11.7 Å². The Morgan fingerprint density at radius 1 is 1.27 bits per heavy atom.